The van der Waals surface area contributed by atoms with Crippen LogP contribution < -0.4 is 4.74 Å². The Morgan fingerprint density at radius 1 is 1.11 bits per heavy atom. The summed E-state index contributed by atoms with van der Waals surface area (Å²) >= 11 is 3.29. The Hall–Kier alpha value is -1.46. The molecule has 0 aliphatic rings. The molecule has 1 N–H and O–H groups in total. The van der Waals surface area contributed by atoms with Gasteiger partial charge in [-0.05, 0) is 51.8 Å². The molecular weight excluding hydrogens is 318 g/mol. The topological polar surface area (TPSA) is 29.5 Å². The van der Waals surface area contributed by atoms with Crippen molar-refractivity contribution >= 4 is 15.9 Å². The lowest BCUT2D eigenvalue weighted by Crippen LogP contribution is -2.00. The Kier molecular flexibility index (Phi) is 4.50. The molecule has 2 rings (SSSR count). The maximum absolute atomic E-state index is 13.4. The van der Waals surface area contributed by atoms with Crippen LogP contribution in [0.1, 0.15) is 11.1 Å². The van der Waals surface area contributed by atoms with Gasteiger partial charge in [-0.3, -0.25) is 0 Å². The summed E-state index contributed by atoms with van der Waals surface area (Å²) < 4.78 is 32.5. The molecule has 2 aromatic carbocycles. The van der Waals surface area contributed by atoms with Crippen molar-refractivity contribution in [3.05, 3.63) is 63.6 Å². The molecule has 2 nitrogen and oxygen atoms in total. The summed E-state index contributed by atoms with van der Waals surface area (Å²) in [4.78, 5) is 0. The van der Waals surface area contributed by atoms with Crippen LogP contribution in [0.15, 0.2) is 40.9 Å². The first-order chi connectivity index (χ1) is 9.10. The molecular formula is C14H11BrF2O2. The van der Waals surface area contributed by atoms with Gasteiger partial charge in [-0.1, -0.05) is 6.07 Å². The van der Waals surface area contributed by atoms with Crippen LogP contribution in [0.4, 0.5) is 8.78 Å². The van der Waals surface area contributed by atoms with Crippen molar-refractivity contribution in [3.63, 3.8) is 0 Å². The van der Waals surface area contributed by atoms with E-state index in [9.17, 15) is 8.78 Å². The highest BCUT2D eigenvalue weighted by molar-refractivity contribution is 9.10. The number of ether oxygens (including phenoxy) is 1. The van der Waals surface area contributed by atoms with Gasteiger partial charge in [-0.25, -0.2) is 8.78 Å². The van der Waals surface area contributed by atoms with E-state index >= 15 is 0 Å². The Morgan fingerprint density at radius 3 is 2.58 bits per heavy atom. The van der Waals surface area contributed by atoms with Gasteiger partial charge in [0.05, 0.1) is 11.1 Å². The van der Waals surface area contributed by atoms with Crippen LogP contribution >= 0.6 is 15.9 Å². The molecule has 0 saturated carbocycles. The van der Waals surface area contributed by atoms with Crippen molar-refractivity contribution < 1.29 is 18.6 Å². The third kappa shape index (κ3) is 3.52. The minimum Gasteiger partial charge on any atom is -0.488 e. The van der Waals surface area contributed by atoms with Gasteiger partial charge in [0.25, 0.3) is 0 Å². The van der Waals surface area contributed by atoms with Gasteiger partial charge < -0.3 is 9.84 Å². The van der Waals surface area contributed by atoms with Crippen LogP contribution in [0.25, 0.3) is 0 Å². The number of aliphatic hydroxyl groups excluding tert-OH is 1. The molecule has 0 aromatic heterocycles. The number of halogens is 3. The first-order valence-corrected chi connectivity index (χ1v) is 6.35. The zero-order valence-electron chi connectivity index (χ0n) is 9.87. The van der Waals surface area contributed by atoms with Crippen molar-refractivity contribution in [2.45, 2.75) is 13.2 Å². The average molecular weight is 329 g/mol. The Bertz CT molecular complexity index is 588. The Balaban J connectivity index is 2.12. The summed E-state index contributed by atoms with van der Waals surface area (Å²) in [6.45, 7) is -0.141. The predicted molar refractivity (Wildman–Crippen MR) is 70.8 cm³/mol. The van der Waals surface area contributed by atoms with Crippen molar-refractivity contribution in [1.29, 1.82) is 0 Å². The molecule has 0 heterocycles. The van der Waals surface area contributed by atoms with Gasteiger partial charge in [-0.15, -0.1) is 0 Å². The van der Waals surface area contributed by atoms with E-state index in [-0.39, 0.29) is 18.8 Å². The maximum Gasteiger partial charge on any atom is 0.134 e. The van der Waals surface area contributed by atoms with E-state index in [4.69, 9.17) is 9.84 Å². The third-order valence-electron chi connectivity index (χ3n) is 2.57. The van der Waals surface area contributed by atoms with Gasteiger partial charge in [0.15, 0.2) is 0 Å². The second kappa shape index (κ2) is 6.12. The first-order valence-electron chi connectivity index (χ1n) is 5.56. The van der Waals surface area contributed by atoms with E-state index in [1.54, 1.807) is 18.2 Å². The molecule has 19 heavy (non-hydrogen) atoms. The van der Waals surface area contributed by atoms with Crippen molar-refractivity contribution in [2.75, 3.05) is 0 Å². The zero-order valence-corrected chi connectivity index (χ0v) is 11.5. The summed E-state index contributed by atoms with van der Waals surface area (Å²) in [6, 6.07) is 8.29. The van der Waals surface area contributed by atoms with Crippen LogP contribution in [-0.4, -0.2) is 5.11 Å². The fraction of sp³-hybridized carbons (Fsp3) is 0.143. The molecule has 5 heteroatoms. The molecule has 0 bridgehead atoms. The third-order valence-corrected chi connectivity index (χ3v) is 3.19. The second-order valence-electron chi connectivity index (χ2n) is 3.95. The lowest BCUT2D eigenvalue weighted by Gasteiger charge is -2.10. The normalized spacial score (nSPS) is 10.5. The number of benzene rings is 2. The number of rotatable bonds is 4. The summed E-state index contributed by atoms with van der Waals surface area (Å²) in [5.74, 6) is -0.514. The fourth-order valence-corrected chi connectivity index (χ4v) is 2.11. The van der Waals surface area contributed by atoms with Crippen LogP contribution in [0.2, 0.25) is 0 Å². The maximum atomic E-state index is 13.4. The lowest BCUT2D eigenvalue weighted by molar-refractivity contribution is 0.280. The highest BCUT2D eigenvalue weighted by Gasteiger charge is 2.07. The highest BCUT2D eigenvalue weighted by atomic mass is 79.9. The van der Waals surface area contributed by atoms with Gasteiger partial charge >= 0.3 is 0 Å². The second-order valence-corrected chi connectivity index (χ2v) is 4.80. The number of hydrogen-bond acceptors (Lipinski definition) is 2. The molecule has 100 valence electrons. The van der Waals surface area contributed by atoms with Gasteiger partial charge in [0, 0.05) is 5.56 Å². The molecule has 0 amide bonds. The number of hydrogen-bond donors (Lipinski definition) is 1. The van der Waals surface area contributed by atoms with Gasteiger partial charge in [0.2, 0.25) is 0 Å². The molecule has 0 radical (unpaired) electrons. The van der Waals surface area contributed by atoms with Crippen molar-refractivity contribution in [1.82, 2.24) is 0 Å². The molecule has 0 saturated heterocycles. The van der Waals surface area contributed by atoms with E-state index < -0.39 is 11.6 Å². The fourth-order valence-electron chi connectivity index (χ4n) is 1.57. The number of aliphatic hydroxyl groups is 1. The van der Waals surface area contributed by atoms with E-state index in [1.807, 2.05) is 0 Å². The minimum absolute atomic E-state index is 0.0688. The SMILES string of the molecule is OCc1ccc(OCc2cc(F)ccc2F)c(Br)c1. The zero-order chi connectivity index (χ0) is 13.8. The highest BCUT2D eigenvalue weighted by Crippen LogP contribution is 2.27. The molecule has 0 aliphatic carbocycles. The molecule has 0 aliphatic heterocycles. The molecule has 0 spiro atoms. The Morgan fingerprint density at radius 2 is 1.89 bits per heavy atom. The largest absolute Gasteiger partial charge is 0.488 e. The van der Waals surface area contributed by atoms with Gasteiger partial charge in [0.1, 0.15) is 24.0 Å². The molecule has 0 unspecified atom stereocenters. The summed E-state index contributed by atoms with van der Waals surface area (Å²) in [7, 11) is 0. The summed E-state index contributed by atoms with van der Waals surface area (Å²) in [5, 5.41) is 8.97. The first kappa shape index (κ1) is 14.0. The average Bonchev–Trinajstić information content (AvgIpc) is 2.40. The van der Waals surface area contributed by atoms with Crippen LogP contribution in [0, 0.1) is 11.6 Å². The van der Waals surface area contributed by atoms with E-state index in [1.165, 1.54) is 0 Å². The Labute approximate surface area is 117 Å². The van der Waals surface area contributed by atoms with Crippen molar-refractivity contribution in [3.8, 4) is 5.75 Å². The lowest BCUT2D eigenvalue weighted by atomic mass is 10.2. The van der Waals surface area contributed by atoms with Gasteiger partial charge in [-0.2, -0.15) is 0 Å². The van der Waals surface area contributed by atoms with E-state index in [0.717, 1.165) is 23.8 Å². The predicted octanol–water partition coefficient (Wildman–Crippen LogP) is 3.80. The van der Waals surface area contributed by atoms with E-state index in [2.05, 4.69) is 15.9 Å². The summed E-state index contributed by atoms with van der Waals surface area (Å²) in [6.07, 6.45) is 0. The monoisotopic (exact) mass is 328 g/mol. The van der Waals surface area contributed by atoms with E-state index in [0.29, 0.717) is 10.2 Å². The minimum atomic E-state index is -0.510. The van der Waals surface area contributed by atoms with Crippen molar-refractivity contribution in [2.24, 2.45) is 0 Å². The smallest absolute Gasteiger partial charge is 0.134 e. The quantitative estimate of drug-likeness (QED) is 0.925. The summed E-state index contributed by atoms with van der Waals surface area (Å²) in [5.41, 5.74) is 0.884. The van der Waals surface area contributed by atoms with Crippen LogP contribution in [-0.2, 0) is 13.2 Å². The van der Waals surface area contributed by atoms with Crippen LogP contribution in [0.5, 0.6) is 5.75 Å². The van der Waals surface area contributed by atoms with Crippen LogP contribution in [0.3, 0.4) is 0 Å². The molecule has 0 fully saturated rings. The molecule has 0 atom stereocenters. The molecule has 2 aromatic rings. The standard InChI is InChI=1S/C14H11BrF2O2/c15-12-5-9(7-18)1-4-14(12)19-8-10-6-11(16)2-3-13(10)17/h1-6,18H,7-8H2.